The summed E-state index contributed by atoms with van der Waals surface area (Å²) in [6, 6.07) is 9.66. The smallest absolute Gasteiger partial charge is 0.261 e. The van der Waals surface area contributed by atoms with Gasteiger partial charge >= 0.3 is 0 Å². The van der Waals surface area contributed by atoms with Crippen molar-refractivity contribution in [1.82, 2.24) is 25.0 Å². The zero-order valence-electron chi connectivity index (χ0n) is 13.8. The van der Waals surface area contributed by atoms with Crippen LogP contribution in [0.1, 0.15) is 40.8 Å². The van der Waals surface area contributed by atoms with E-state index in [1.165, 1.54) is 0 Å². The summed E-state index contributed by atoms with van der Waals surface area (Å²) in [5, 5.41) is 13.9. The average Bonchev–Trinajstić information content (AvgIpc) is 3.35. The van der Waals surface area contributed by atoms with Gasteiger partial charge in [0.05, 0.1) is 23.1 Å². The molecule has 0 saturated carbocycles. The number of carbonyl (C=O) groups is 1. The number of nitrogens with zero attached hydrogens (tertiary/aromatic N) is 4. The van der Waals surface area contributed by atoms with Gasteiger partial charge in [-0.05, 0) is 31.9 Å². The molecule has 1 saturated heterocycles. The molecule has 0 spiro atoms. The Morgan fingerprint density at radius 1 is 1.36 bits per heavy atom. The second-order valence-electron chi connectivity index (χ2n) is 5.89. The molecule has 4 rings (SSSR count). The summed E-state index contributed by atoms with van der Waals surface area (Å²) in [5.74, 6) is 0.587. The molecular weight excluding hydrogens is 320 g/mol. The van der Waals surface area contributed by atoms with Crippen molar-refractivity contribution in [1.29, 1.82) is 0 Å². The number of rotatable bonds is 4. The molecule has 0 unspecified atom stereocenters. The number of ether oxygens (including phenoxy) is 1. The molecule has 0 bridgehead atoms. The maximum absolute atomic E-state index is 12.5. The fraction of sp³-hybridized carbons (Fsp3) is 0.294. The summed E-state index contributed by atoms with van der Waals surface area (Å²) < 4.78 is 7.28. The molecule has 0 radical (unpaired) electrons. The lowest BCUT2D eigenvalue weighted by Crippen LogP contribution is -2.14. The first-order chi connectivity index (χ1) is 12.2. The number of para-hydroxylation sites is 1. The van der Waals surface area contributed by atoms with E-state index < -0.39 is 0 Å². The van der Waals surface area contributed by atoms with Crippen LogP contribution in [-0.4, -0.2) is 37.5 Å². The second-order valence-corrected chi connectivity index (χ2v) is 5.89. The molecule has 2 aromatic heterocycles. The molecule has 25 heavy (non-hydrogen) atoms. The summed E-state index contributed by atoms with van der Waals surface area (Å²) in [6.07, 6.45) is 3.39. The van der Waals surface area contributed by atoms with Crippen LogP contribution >= 0.6 is 0 Å². The van der Waals surface area contributed by atoms with Gasteiger partial charge in [-0.3, -0.25) is 15.2 Å². The number of carbonyl (C=O) groups excluding carboxylic acids is 1. The highest BCUT2D eigenvalue weighted by Gasteiger charge is 2.22. The molecule has 1 aliphatic rings. The second kappa shape index (κ2) is 6.48. The third-order valence-corrected chi connectivity index (χ3v) is 4.22. The maximum atomic E-state index is 12.5. The van der Waals surface area contributed by atoms with E-state index in [-0.39, 0.29) is 18.0 Å². The van der Waals surface area contributed by atoms with Crippen LogP contribution in [0.3, 0.4) is 0 Å². The SMILES string of the molecule is Cc1c(C(=O)Nc2n[nH]c([C@H]3CCCO3)n2)cnn1-c1ccccc1. The number of aromatic amines is 1. The van der Waals surface area contributed by atoms with E-state index in [1.54, 1.807) is 10.9 Å². The summed E-state index contributed by atoms with van der Waals surface area (Å²) in [6.45, 7) is 2.58. The third-order valence-electron chi connectivity index (χ3n) is 4.22. The predicted molar refractivity (Wildman–Crippen MR) is 90.6 cm³/mol. The number of hydrogen-bond donors (Lipinski definition) is 2. The van der Waals surface area contributed by atoms with Gasteiger partial charge in [-0.2, -0.15) is 10.1 Å². The predicted octanol–water partition coefficient (Wildman–Crippen LogP) is 2.40. The lowest BCUT2D eigenvalue weighted by Gasteiger charge is -2.05. The van der Waals surface area contributed by atoms with Crippen molar-refractivity contribution in [3.63, 3.8) is 0 Å². The minimum Gasteiger partial charge on any atom is -0.370 e. The molecule has 1 aliphatic heterocycles. The number of amides is 1. The van der Waals surface area contributed by atoms with Crippen LogP contribution in [0.4, 0.5) is 5.95 Å². The van der Waals surface area contributed by atoms with Gasteiger partial charge in [0.1, 0.15) is 6.10 Å². The molecule has 8 heteroatoms. The molecule has 128 valence electrons. The van der Waals surface area contributed by atoms with Gasteiger partial charge in [-0.1, -0.05) is 18.2 Å². The van der Waals surface area contributed by atoms with Gasteiger partial charge < -0.3 is 4.74 Å². The van der Waals surface area contributed by atoms with Gasteiger partial charge in [0.2, 0.25) is 5.95 Å². The van der Waals surface area contributed by atoms with Crippen molar-refractivity contribution in [2.75, 3.05) is 11.9 Å². The Labute approximate surface area is 144 Å². The first kappa shape index (κ1) is 15.5. The minimum absolute atomic E-state index is 0.0688. The van der Waals surface area contributed by atoms with E-state index in [9.17, 15) is 4.79 Å². The molecule has 2 N–H and O–H groups in total. The van der Waals surface area contributed by atoms with Gasteiger partial charge in [0.25, 0.3) is 5.91 Å². The first-order valence-corrected chi connectivity index (χ1v) is 8.17. The summed E-state index contributed by atoms with van der Waals surface area (Å²) in [5.41, 5.74) is 2.13. The van der Waals surface area contributed by atoms with E-state index in [2.05, 4.69) is 25.6 Å². The van der Waals surface area contributed by atoms with Gasteiger partial charge in [0, 0.05) is 6.61 Å². The monoisotopic (exact) mass is 338 g/mol. The van der Waals surface area contributed by atoms with E-state index in [0.717, 1.165) is 30.8 Å². The minimum atomic E-state index is -0.294. The van der Waals surface area contributed by atoms with Crippen LogP contribution < -0.4 is 5.32 Å². The number of aromatic nitrogens is 5. The average molecular weight is 338 g/mol. The molecule has 1 atom stereocenters. The summed E-state index contributed by atoms with van der Waals surface area (Å²) >= 11 is 0. The van der Waals surface area contributed by atoms with Crippen molar-refractivity contribution in [2.24, 2.45) is 0 Å². The molecule has 1 fully saturated rings. The Balaban J connectivity index is 1.51. The van der Waals surface area contributed by atoms with Crippen LogP contribution in [0, 0.1) is 6.92 Å². The molecule has 1 amide bonds. The van der Waals surface area contributed by atoms with Crippen LogP contribution in [0.5, 0.6) is 0 Å². The molecule has 3 heterocycles. The molecule has 1 aromatic carbocycles. The van der Waals surface area contributed by atoms with E-state index in [1.807, 2.05) is 37.3 Å². The zero-order chi connectivity index (χ0) is 17.2. The van der Waals surface area contributed by atoms with E-state index >= 15 is 0 Å². The highest BCUT2D eigenvalue weighted by atomic mass is 16.5. The number of hydrogen-bond acceptors (Lipinski definition) is 5. The Bertz CT molecular complexity index is 880. The fourth-order valence-electron chi connectivity index (χ4n) is 2.90. The quantitative estimate of drug-likeness (QED) is 0.761. The van der Waals surface area contributed by atoms with Crippen LogP contribution in [-0.2, 0) is 4.74 Å². The van der Waals surface area contributed by atoms with Crippen molar-refractivity contribution in [3.05, 3.63) is 53.6 Å². The molecule has 8 nitrogen and oxygen atoms in total. The third kappa shape index (κ3) is 3.03. The van der Waals surface area contributed by atoms with Crippen molar-refractivity contribution < 1.29 is 9.53 Å². The van der Waals surface area contributed by atoms with Crippen molar-refractivity contribution >= 4 is 11.9 Å². The number of nitrogens with one attached hydrogen (secondary N) is 2. The standard InChI is InChI=1S/C17H18N6O2/c1-11-13(10-18-23(11)12-6-3-2-4-7-12)16(24)20-17-19-15(21-22-17)14-8-5-9-25-14/h2-4,6-7,10,14H,5,8-9H2,1H3,(H2,19,20,21,22,24)/t14-/m1/s1. The Kier molecular flexibility index (Phi) is 4.02. The molecular formula is C17H18N6O2. The highest BCUT2D eigenvalue weighted by Crippen LogP contribution is 2.26. The molecule has 3 aromatic rings. The summed E-state index contributed by atoms with van der Waals surface area (Å²) in [7, 11) is 0. The number of benzene rings is 1. The number of anilines is 1. The van der Waals surface area contributed by atoms with Gasteiger partial charge in [-0.15, -0.1) is 5.10 Å². The lowest BCUT2D eigenvalue weighted by atomic mass is 10.2. The Morgan fingerprint density at radius 2 is 2.20 bits per heavy atom. The largest absolute Gasteiger partial charge is 0.370 e. The van der Waals surface area contributed by atoms with Crippen molar-refractivity contribution in [3.8, 4) is 5.69 Å². The van der Waals surface area contributed by atoms with Gasteiger partial charge in [-0.25, -0.2) is 4.68 Å². The normalized spacial score (nSPS) is 16.9. The van der Waals surface area contributed by atoms with Crippen LogP contribution in [0.15, 0.2) is 36.5 Å². The highest BCUT2D eigenvalue weighted by molar-refractivity contribution is 6.04. The fourth-order valence-corrected chi connectivity index (χ4v) is 2.90. The van der Waals surface area contributed by atoms with Gasteiger partial charge in [0.15, 0.2) is 5.82 Å². The Morgan fingerprint density at radius 3 is 2.96 bits per heavy atom. The van der Waals surface area contributed by atoms with Crippen LogP contribution in [0.2, 0.25) is 0 Å². The van der Waals surface area contributed by atoms with E-state index in [4.69, 9.17) is 4.74 Å². The zero-order valence-corrected chi connectivity index (χ0v) is 13.8. The van der Waals surface area contributed by atoms with Crippen LogP contribution in [0.25, 0.3) is 5.69 Å². The van der Waals surface area contributed by atoms with E-state index in [0.29, 0.717) is 11.4 Å². The van der Waals surface area contributed by atoms with Crippen molar-refractivity contribution in [2.45, 2.75) is 25.9 Å². The topological polar surface area (TPSA) is 97.7 Å². The first-order valence-electron chi connectivity index (χ1n) is 8.17. The lowest BCUT2D eigenvalue weighted by molar-refractivity contribution is 0.102. The molecule has 0 aliphatic carbocycles. The summed E-state index contributed by atoms with van der Waals surface area (Å²) in [4.78, 5) is 16.8. The Hall–Kier alpha value is -3.00. The number of H-pyrrole nitrogens is 1. The maximum Gasteiger partial charge on any atom is 0.261 e.